The van der Waals surface area contributed by atoms with Crippen molar-refractivity contribution in [3.63, 3.8) is 0 Å². The minimum Gasteiger partial charge on any atom is -0.274 e. The van der Waals surface area contributed by atoms with Gasteiger partial charge in [0, 0.05) is 33.1 Å². The Bertz CT molecular complexity index is 291. The summed E-state index contributed by atoms with van der Waals surface area (Å²) in [7, 11) is 0.646. The first-order valence-electron chi connectivity index (χ1n) is 5.32. The molecule has 1 unspecified atom stereocenters. The number of hydrogen-bond donors (Lipinski definition) is 0. The minimum atomic E-state index is -2.81. The van der Waals surface area contributed by atoms with E-state index in [1.165, 1.54) is 4.67 Å². The third-order valence-corrected chi connectivity index (χ3v) is 6.34. The number of carbonyl (C=O) groups is 1. The standard InChI is InChI=1S/C9H20N3O2P/c1-5-12(6-2)15(14)10(3)8-7-9(13)11(15)4/h5-8H2,1-4H3. The van der Waals surface area contributed by atoms with Crippen molar-refractivity contribution in [2.45, 2.75) is 20.3 Å². The van der Waals surface area contributed by atoms with Gasteiger partial charge in [-0.05, 0) is 7.05 Å². The first-order valence-corrected chi connectivity index (χ1v) is 6.89. The molecule has 0 radical (unpaired) electrons. The Morgan fingerprint density at radius 2 is 1.87 bits per heavy atom. The van der Waals surface area contributed by atoms with Gasteiger partial charge in [-0.2, -0.15) is 0 Å². The maximum absolute atomic E-state index is 12.8. The Kier molecular flexibility index (Phi) is 3.93. The predicted molar refractivity (Wildman–Crippen MR) is 60.5 cm³/mol. The topological polar surface area (TPSA) is 43.9 Å². The molecule has 1 atom stereocenters. The van der Waals surface area contributed by atoms with Crippen LogP contribution in [0.3, 0.4) is 0 Å². The first kappa shape index (κ1) is 12.7. The van der Waals surface area contributed by atoms with Gasteiger partial charge in [0.05, 0.1) is 0 Å². The van der Waals surface area contributed by atoms with E-state index in [1.807, 2.05) is 25.6 Å². The molecule has 0 aromatic carbocycles. The molecule has 0 bridgehead atoms. The van der Waals surface area contributed by atoms with Crippen molar-refractivity contribution >= 4 is 13.5 Å². The van der Waals surface area contributed by atoms with Gasteiger partial charge in [-0.15, -0.1) is 0 Å². The second-order valence-corrected chi connectivity index (χ2v) is 6.58. The molecule has 1 saturated heterocycles. The highest BCUT2D eigenvalue weighted by Crippen LogP contribution is 2.56. The molecule has 5 nitrogen and oxygen atoms in total. The quantitative estimate of drug-likeness (QED) is 0.688. The Labute approximate surface area is 91.6 Å². The normalized spacial score (nSPS) is 28.9. The van der Waals surface area contributed by atoms with Crippen molar-refractivity contribution in [3.05, 3.63) is 0 Å². The Balaban J connectivity index is 3.04. The lowest BCUT2D eigenvalue weighted by Gasteiger charge is -2.44. The fourth-order valence-electron chi connectivity index (χ4n) is 1.92. The molecule has 1 fully saturated rings. The average Bonchev–Trinajstić information content (AvgIpc) is 2.23. The first-order chi connectivity index (χ1) is 6.98. The SMILES string of the molecule is CCN(CC)P1(=O)N(C)CCC(=O)N1C. The van der Waals surface area contributed by atoms with Crippen molar-refractivity contribution in [2.24, 2.45) is 0 Å². The van der Waals surface area contributed by atoms with Gasteiger partial charge in [0.15, 0.2) is 0 Å². The van der Waals surface area contributed by atoms with Crippen LogP contribution in [0.5, 0.6) is 0 Å². The molecule has 1 aliphatic rings. The third kappa shape index (κ3) is 1.96. The van der Waals surface area contributed by atoms with E-state index >= 15 is 0 Å². The molecule has 15 heavy (non-hydrogen) atoms. The van der Waals surface area contributed by atoms with Crippen LogP contribution in [0, 0.1) is 0 Å². The van der Waals surface area contributed by atoms with Crippen molar-refractivity contribution in [1.82, 2.24) is 14.0 Å². The Hall–Kier alpha value is -0.380. The zero-order valence-electron chi connectivity index (χ0n) is 9.93. The van der Waals surface area contributed by atoms with Crippen LogP contribution in [-0.2, 0) is 9.36 Å². The maximum atomic E-state index is 12.8. The van der Waals surface area contributed by atoms with Gasteiger partial charge in [0.1, 0.15) is 0 Å². The van der Waals surface area contributed by atoms with Crippen LogP contribution in [0.4, 0.5) is 0 Å². The van der Waals surface area contributed by atoms with E-state index in [1.54, 1.807) is 11.7 Å². The van der Waals surface area contributed by atoms with Crippen molar-refractivity contribution in [3.8, 4) is 0 Å². The Morgan fingerprint density at radius 3 is 2.33 bits per heavy atom. The van der Waals surface area contributed by atoms with Gasteiger partial charge in [0.2, 0.25) is 5.91 Å². The van der Waals surface area contributed by atoms with Crippen LogP contribution < -0.4 is 0 Å². The number of rotatable bonds is 3. The molecule has 1 heterocycles. The summed E-state index contributed by atoms with van der Waals surface area (Å²) in [6, 6.07) is 0. The summed E-state index contributed by atoms with van der Waals surface area (Å²) in [5.41, 5.74) is 0. The van der Waals surface area contributed by atoms with Crippen LogP contribution >= 0.6 is 7.59 Å². The number of carbonyl (C=O) groups excluding carboxylic acids is 1. The average molecular weight is 233 g/mol. The number of nitrogens with zero attached hydrogens (tertiary/aromatic N) is 3. The summed E-state index contributed by atoms with van der Waals surface area (Å²) in [6.45, 7) is 5.89. The fourth-order valence-corrected chi connectivity index (χ4v) is 4.68. The number of hydrogen-bond acceptors (Lipinski definition) is 2. The van der Waals surface area contributed by atoms with Crippen LogP contribution in [0.15, 0.2) is 0 Å². The van der Waals surface area contributed by atoms with E-state index in [9.17, 15) is 9.36 Å². The van der Waals surface area contributed by atoms with Crippen LogP contribution in [0.2, 0.25) is 0 Å². The lowest BCUT2D eigenvalue weighted by molar-refractivity contribution is -0.127. The summed E-state index contributed by atoms with van der Waals surface area (Å²) < 4.78 is 17.9. The monoisotopic (exact) mass is 233 g/mol. The highest BCUT2D eigenvalue weighted by molar-refractivity contribution is 7.57. The molecule has 6 heteroatoms. The molecule has 0 aliphatic carbocycles. The summed E-state index contributed by atoms with van der Waals surface area (Å²) in [5.74, 6) is -0.0247. The molecular formula is C9H20N3O2P. The maximum Gasteiger partial charge on any atom is 0.312 e. The summed E-state index contributed by atoms with van der Waals surface area (Å²) in [4.78, 5) is 11.6. The molecule has 1 aliphatic heterocycles. The minimum absolute atomic E-state index is 0.0247. The van der Waals surface area contributed by atoms with Crippen LogP contribution in [0.25, 0.3) is 0 Å². The zero-order valence-corrected chi connectivity index (χ0v) is 10.8. The Morgan fingerprint density at radius 1 is 1.33 bits per heavy atom. The van der Waals surface area contributed by atoms with E-state index < -0.39 is 7.59 Å². The zero-order chi connectivity index (χ0) is 11.6. The second-order valence-electron chi connectivity index (χ2n) is 3.70. The largest absolute Gasteiger partial charge is 0.312 e. The smallest absolute Gasteiger partial charge is 0.274 e. The van der Waals surface area contributed by atoms with Gasteiger partial charge >= 0.3 is 7.59 Å². The van der Waals surface area contributed by atoms with Gasteiger partial charge in [0.25, 0.3) is 0 Å². The molecular weight excluding hydrogens is 213 g/mol. The molecule has 0 aromatic heterocycles. The van der Waals surface area contributed by atoms with Crippen molar-refractivity contribution in [2.75, 3.05) is 33.7 Å². The van der Waals surface area contributed by atoms with Crippen molar-refractivity contribution < 1.29 is 9.36 Å². The van der Waals surface area contributed by atoms with E-state index in [0.29, 0.717) is 26.1 Å². The summed E-state index contributed by atoms with van der Waals surface area (Å²) >= 11 is 0. The molecule has 0 spiro atoms. The second kappa shape index (κ2) is 4.64. The number of amides is 1. The van der Waals surface area contributed by atoms with Crippen LogP contribution in [-0.4, -0.2) is 53.6 Å². The lowest BCUT2D eigenvalue weighted by Crippen LogP contribution is -2.45. The third-order valence-electron chi connectivity index (χ3n) is 2.94. The van der Waals surface area contributed by atoms with Gasteiger partial charge in [-0.25, -0.2) is 9.34 Å². The highest BCUT2D eigenvalue weighted by atomic mass is 31.2. The van der Waals surface area contributed by atoms with Gasteiger partial charge in [-0.1, -0.05) is 13.8 Å². The van der Waals surface area contributed by atoms with E-state index in [4.69, 9.17) is 0 Å². The van der Waals surface area contributed by atoms with Gasteiger partial charge < -0.3 is 0 Å². The molecule has 0 N–H and O–H groups in total. The molecule has 88 valence electrons. The van der Waals surface area contributed by atoms with E-state index in [-0.39, 0.29) is 5.91 Å². The van der Waals surface area contributed by atoms with Gasteiger partial charge in [-0.3, -0.25) is 14.0 Å². The summed E-state index contributed by atoms with van der Waals surface area (Å²) in [6.07, 6.45) is 0.457. The molecule has 0 aromatic rings. The van der Waals surface area contributed by atoms with E-state index in [0.717, 1.165) is 0 Å². The van der Waals surface area contributed by atoms with E-state index in [2.05, 4.69) is 0 Å². The van der Waals surface area contributed by atoms with Crippen LogP contribution in [0.1, 0.15) is 20.3 Å². The predicted octanol–water partition coefficient (Wildman–Crippen LogP) is 1.23. The summed E-state index contributed by atoms with van der Waals surface area (Å²) in [5, 5.41) is 0. The highest BCUT2D eigenvalue weighted by Gasteiger charge is 2.43. The van der Waals surface area contributed by atoms with Crippen molar-refractivity contribution in [1.29, 1.82) is 0 Å². The lowest BCUT2D eigenvalue weighted by atomic mass is 10.4. The molecule has 0 saturated carbocycles. The molecule has 1 rings (SSSR count). The fraction of sp³-hybridized carbons (Fsp3) is 0.889. The molecule has 1 amide bonds.